The van der Waals surface area contributed by atoms with Crippen LogP contribution >= 0.6 is 0 Å². The number of benzene rings is 1. The third-order valence-corrected chi connectivity index (χ3v) is 3.72. The Balaban J connectivity index is 1.56. The van der Waals surface area contributed by atoms with Gasteiger partial charge in [-0.05, 0) is 48.1 Å². The normalized spacial score (nSPS) is 13.0. The van der Waals surface area contributed by atoms with Gasteiger partial charge in [-0.1, -0.05) is 24.3 Å². The molecule has 0 radical (unpaired) electrons. The zero-order valence-electron chi connectivity index (χ0n) is 11.4. The van der Waals surface area contributed by atoms with Gasteiger partial charge >= 0.3 is 0 Å². The summed E-state index contributed by atoms with van der Waals surface area (Å²) in [6.07, 6.45) is 5.76. The molecule has 1 N–H and O–H groups in total. The number of rotatable bonds is 4. The maximum Gasteiger partial charge on any atom is 0.224 e. The van der Waals surface area contributed by atoms with Crippen LogP contribution in [0.3, 0.4) is 0 Å². The minimum absolute atomic E-state index is 0.0496. The molecule has 0 saturated carbocycles. The van der Waals surface area contributed by atoms with Gasteiger partial charge in [-0.25, -0.2) is 0 Å². The molecule has 2 aromatic rings. The first kappa shape index (κ1) is 12.9. The van der Waals surface area contributed by atoms with E-state index in [9.17, 15) is 4.79 Å². The van der Waals surface area contributed by atoms with Gasteiger partial charge in [0, 0.05) is 6.20 Å². The van der Waals surface area contributed by atoms with Crippen molar-refractivity contribution in [2.45, 2.75) is 32.2 Å². The van der Waals surface area contributed by atoms with Crippen LogP contribution in [0.25, 0.3) is 0 Å². The molecule has 0 fully saturated rings. The number of hydrogen-bond donors (Lipinski definition) is 1. The molecule has 0 aliphatic heterocycles. The van der Waals surface area contributed by atoms with Crippen LogP contribution in [0.15, 0.2) is 42.6 Å². The standard InChI is InChI=1S/C17H18N2O/c20-17(19-12-16-6-1-2-9-18-16)11-13-7-8-14-4-3-5-15(14)10-13/h1-2,6-10H,3-5,11-12H2,(H,19,20). The van der Waals surface area contributed by atoms with Gasteiger partial charge in [0.15, 0.2) is 0 Å². The lowest BCUT2D eigenvalue weighted by molar-refractivity contribution is -0.120. The zero-order chi connectivity index (χ0) is 13.8. The predicted molar refractivity (Wildman–Crippen MR) is 78.3 cm³/mol. The Labute approximate surface area is 119 Å². The summed E-state index contributed by atoms with van der Waals surface area (Å²) in [4.78, 5) is 16.1. The average molecular weight is 266 g/mol. The molecule has 3 nitrogen and oxygen atoms in total. The van der Waals surface area contributed by atoms with Gasteiger partial charge in [0.25, 0.3) is 0 Å². The van der Waals surface area contributed by atoms with Crippen LogP contribution in [0.1, 0.15) is 28.8 Å². The van der Waals surface area contributed by atoms with Crippen LogP contribution in [0.2, 0.25) is 0 Å². The van der Waals surface area contributed by atoms with Crippen LogP contribution in [0.5, 0.6) is 0 Å². The Morgan fingerprint density at radius 1 is 1.15 bits per heavy atom. The lowest BCUT2D eigenvalue weighted by atomic mass is 10.0. The molecule has 0 unspecified atom stereocenters. The second-order valence-corrected chi connectivity index (χ2v) is 5.23. The van der Waals surface area contributed by atoms with Gasteiger partial charge in [0.2, 0.25) is 5.91 Å². The van der Waals surface area contributed by atoms with Crippen molar-refractivity contribution in [2.24, 2.45) is 0 Å². The Morgan fingerprint density at radius 3 is 2.90 bits per heavy atom. The fourth-order valence-corrected chi connectivity index (χ4v) is 2.67. The van der Waals surface area contributed by atoms with Crippen LogP contribution in [0, 0.1) is 0 Å². The zero-order valence-corrected chi connectivity index (χ0v) is 11.4. The van der Waals surface area contributed by atoms with E-state index < -0.39 is 0 Å². The number of nitrogens with one attached hydrogen (secondary N) is 1. The number of carbonyl (C=O) groups is 1. The van der Waals surface area contributed by atoms with Crippen LogP contribution < -0.4 is 5.32 Å². The number of pyridine rings is 1. The van der Waals surface area contributed by atoms with E-state index in [1.165, 1.54) is 24.0 Å². The lowest BCUT2D eigenvalue weighted by Gasteiger charge is -2.06. The maximum atomic E-state index is 11.9. The summed E-state index contributed by atoms with van der Waals surface area (Å²) in [5.74, 6) is 0.0496. The second kappa shape index (κ2) is 5.87. The molecule has 1 aliphatic carbocycles. The number of carbonyl (C=O) groups excluding carboxylic acids is 1. The molecule has 1 heterocycles. The van der Waals surface area contributed by atoms with E-state index in [4.69, 9.17) is 0 Å². The number of aryl methyl sites for hydroxylation is 2. The summed E-state index contributed by atoms with van der Waals surface area (Å²) in [7, 11) is 0. The summed E-state index contributed by atoms with van der Waals surface area (Å²) in [6, 6.07) is 12.1. The summed E-state index contributed by atoms with van der Waals surface area (Å²) in [5, 5.41) is 2.91. The first-order valence-corrected chi connectivity index (χ1v) is 7.08. The quantitative estimate of drug-likeness (QED) is 0.923. The molecule has 1 aromatic heterocycles. The van der Waals surface area contributed by atoms with Crippen molar-refractivity contribution in [3.8, 4) is 0 Å². The SMILES string of the molecule is O=C(Cc1ccc2c(c1)CCC2)NCc1ccccn1. The van der Waals surface area contributed by atoms with Crippen molar-refractivity contribution < 1.29 is 4.79 Å². The molecule has 3 rings (SSSR count). The monoisotopic (exact) mass is 266 g/mol. The minimum Gasteiger partial charge on any atom is -0.350 e. The third-order valence-electron chi connectivity index (χ3n) is 3.72. The fourth-order valence-electron chi connectivity index (χ4n) is 2.67. The summed E-state index contributed by atoms with van der Waals surface area (Å²) in [5.41, 5.74) is 4.85. The average Bonchev–Trinajstić information content (AvgIpc) is 2.94. The van der Waals surface area contributed by atoms with E-state index in [-0.39, 0.29) is 5.91 Å². The fraction of sp³-hybridized carbons (Fsp3) is 0.294. The van der Waals surface area contributed by atoms with Crippen LogP contribution in [-0.4, -0.2) is 10.9 Å². The van der Waals surface area contributed by atoms with Crippen molar-refractivity contribution in [3.63, 3.8) is 0 Å². The molecule has 0 atom stereocenters. The highest BCUT2D eigenvalue weighted by Gasteiger charge is 2.12. The van der Waals surface area contributed by atoms with Crippen molar-refractivity contribution in [1.82, 2.24) is 10.3 Å². The number of nitrogens with zero attached hydrogens (tertiary/aromatic N) is 1. The molecular formula is C17H18N2O. The highest BCUT2D eigenvalue weighted by molar-refractivity contribution is 5.78. The molecule has 3 heteroatoms. The van der Waals surface area contributed by atoms with E-state index in [1.54, 1.807) is 6.20 Å². The van der Waals surface area contributed by atoms with Gasteiger partial charge < -0.3 is 5.32 Å². The first-order chi connectivity index (χ1) is 9.81. The van der Waals surface area contributed by atoms with Gasteiger partial charge in [0.05, 0.1) is 18.7 Å². The maximum absolute atomic E-state index is 11.9. The van der Waals surface area contributed by atoms with E-state index >= 15 is 0 Å². The smallest absolute Gasteiger partial charge is 0.224 e. The first-order valence-electron chi connectivity index (χ1n) is 7.08. The molecule has 0 bridgehead atoms. The minimum atomic E-state index is 0.0496. The summed E-state index contributed by atoms with van der Waals surface area (Å²) >= 11 is 0. The molecule has 1 aliphatic rings. The van der Waals surface area contributed by atoms with Gasteiger partial charge in [-0.15, -0.1) is 0 Å². The van der Waals surface area contributed by atoms with Crippen LogP contribution in [0.4, 0.5) is 0 Å². The predicted octanol–water partition coefficient (Wildman–Crippen LogP) is 2.43. The summed E-state index contributed by atoms with van der Waals surface area (Å²) < 4.78 is 0. The van der Waals surface area contributed by atoms with Crippen molar-refractivity contribution in [3.05, 3.63) is 65.0 Å². The Bertz CT molecular complexity index is 608. The highest BCUT2D eigenvalue weighted by Crippen LogP contribution is 2.22. The van der Waals surface area contributed by atoms with Crippen molar-refractivity contribution in [1.29, 1.82) is 0 Å². The Morgan fingerprint density at radius 2 is 2.05 bits per heavy atom. The van der Waals surface area contributed by atoms with Gasteiger partial charge in [0.1, 0.15) is 0 Å². The second-order valence-electron chi connectivity index (χ2n) is 5.23. The topological polar surface area (TPSA) is 42.0 Å². The number of aromatic nitrogens is 1. The third kappa shape index (κ3) is 3.05. The highest BCUT2D eigenvalue weighted by atomic mass is 16.1. The van der Waals surface area contributed by atoms with Gasteiger partial charge in [-0.2, -0.15) is 0 Å². The van der Waals surface area contributed by atoms with Crippen LogP contribution in [-0.2, 0) is 30.6 Å². The van der Waals surface area contributed by atoms with Crippen molar-refractivity contribution in [2.75, 3.05) is 0 Å². The number of hydrogen-bond acceptors (Lipinski definition) is 2. The van der Waals surface area contributed by atoms with E-state index in [2.05, 4.69) is 28.5 Å². The molecular weight excluding hydrogens is 248 g/mol. The van der Waals surface area contributed by atoms with Gasteiger partial charge in [-0.3, -0.25) is 9.78 Å². The number of amides is 1. The molecule has 102 valence electrons. The molecule has 0 spiro atoms. The summed E-state index contributed by atoms with van der Waals surface area (Å²) in [6.45, 7) is 0.491. The molecule has 1 aromatic carbocycles. The van der Waals surface area contributed by atoms with E-state index in [1.807, 2.05) is 18.2 Å². The van der Waals surface area contributed by atoms with E-state index in [0.29, 0.717) is 13.0 Å². The lowest BCUT2D eigenvalue weighted by Crippen LogP contribution is -2.25. The molecule has 20 heavy (non-hydrogen) atoms. The van der Waals surface area contributed by atoms with E-state index in [0.717, 1.165) is 17.7 Å². The Kier molecular flexibility index (Phi) is 3.77. The molecule has 0 saturated heterocycles. The largest absolute Gasteiger partial charge is 0.350 e. The van der Waals surface area contributed by atoms with Crippen molar-refractivity contribution >= 4 is 5.91 Å². The number of fused-ring (bicyclic) bond motifs is 1. The molecule has 1 amide bonds. The Hall–Kier alpha value is -2.16.